The lowest BCUT2D eigenvalue weighted by Crippen LogP contribution is -2.29. The average molecular weight is 1370 g/mol. The third kappa shape index (κ3) is 29.4. The second-order valence-corrected chi connectivity index (χ2v) is 25.4. The predicted octanol–water partition coefficient (Wildman–Crippen LogP) is 14.0. The number of halogens is 4. The molecule has 0 unspecified atom stereocenters. The molecule has 1 aliphatic carbocycles. The Hall–Kier alpha value is -9.80. The van der Waals surface area contributed by atoms with E-state index in [-0.39, 0.29) is 94.1 Å². The summed E-state index contributed by atoms with van der Waals surface area (Å²) >= 11 is 11.7. The normalized spacial score (nSPS) is 10.9. The number of anilines is 5. The maximum atomic E-state index is 13.4. The van der Waals surface area contributed by atoms with Crippen LogP contribution in [0.15, 0.2) is 115 Å². The lowest BCUT2D eigenvalue weighted by atomic mass is 10.0. The molecule has 1 aliphatic rings. The molecule has 0 atom stereocenters. The molecule has 20 nitrogen and oxygen atoms in total. The first-order chi connectivity index (χ1) is 45.3. The van der Waals surface area contributed by atoms with Crippen LogP contribution in [-0.4, -0.2) is 65.3 Å². The van der Waals surface area contributed by atoms with Gasteiger partial charge in [0.15, 0.2) is 0 Å². The summed E-state index contributed by atoms with van der Waals surface area (Å²) in [5.74, 6) is -3.35. The van der Waals surface area contributed by atoms with Gasteiger partial charge in [0.25, 0.3) is 0 Å². The number of allylic oxidation sites excluding steroid dienone is 1. The fraction of sp³-hybridized carbons (Fsp3) is 0.342. The molecule has 18 N–H and O–H groups in total. The molecule has 97 heavy (non-hydrogen) atoms. The highest BCUT2D eigenvalue weighted by atomic mass is 35.5. The summed E-state index contributed by atoms with van der Waals surface area (Å²) in [4.78, 5) is 68.6. The molecule has 6 aromatic rings. The molecule has 0 saturated heterocycles. The molecule has 0 bridgehead atoms. The first-order valence-electron chi connectivity index (χ1n) is 31.5. The number of hydrogen-bond acceptors (Lipinski definition) is 10. The Bertz CT molecular complexity index is 3710. The van der Waals surface area contributed by atoms with E-state index >= 15 is 0 Å². The number of benzene rings is 6. The molecule has 0 fully saturated rings. The van der Waals surface area contributed by atoms with E-state index in [0.29, 0.717) is 33.9 Å². The van der Waals surface area contributed by atoms with Gasteiger partial charge in [0.1, 0.15) is 35.0 Å². The molecule has 0 heterocycles. The molecular formula is C73H96Cl2F2N14O6. The molecular weight excluding hydrogens is 1280 g/mol. The van der Waals surface area contributed by atoms with Crippen LogP contribution in [0.4, 0.5) is 37.2 Å². The molecule has 522 valence electrons. The van der Waals surface area contributed by atoms with E-state index < -0.39 is 23.0 Å². The summed E-state index contributed by atoms with van der Waals surface area (Å²) in [7, 11) is 0. The number of carbonyl (C=O) groups excluding carboxylic acids is 6. The van der Waals surface area contributed by atoms with Gasteiger partial charge in [0, 0.05) is 92.2 Å². The van der Waals surface area contributed by atoms with Crippen molar-refractivity contribution in [3.63, 3.8) is 0 Å². The van der Waals surface area contributed by atoms with E-state index in [1.165, 1.54) is 22.3 Å². The second kappa shape index (κ2) is 40.6. The summed E-state index contributed by atoms with van der Waals surface area (Å²) < 4.78 is 26.8. The molecule has 7 rings (SSSR count). The Labute approximate surface area is 579 Å². The summed E-state index contributed by atoms with van der Waals surface area (Å²) in [5, 5.41) is 46.6. The van der Waals surface area contributed by atoms with Crippen molar-refractivity contribution in [3.05, 3.63) is 187 Å². The topological polar surface area (TPSA) is 374 Å². The van der Waals surface area contributed by atoms with Gasteiger partial charge in [-0.3, -0.25) is 50.4 Å². The molecule has 6 aromatic carbocycles. The number of nitrogens with one attached hydrogen (secondary N) is 10. The monoisotopic (exact) mass is 1370 g/mol. The highest BCUT2D eigenvalue weighted by molar-refractivity contribution is 6.34. The van der Waals surface area contributed by atoms with Crippen molar-refractivity contribution >= 4 is 117 Å². The van der Waals surface area contributed by atoms with Crippen molar-refractivity contribution in [2.45, 2.75) is 123 Å². The zero-order valence-corrected chi connectivity index (χ0v) is 59.5. The van der Waals surface area contributed by atoms with Crippen LogP contribution in [-0.2, 0) is 48.0 Å². The van der Waals surface area contributed by atoms with Gasteiger partial charge in [-0.15, -0.1) is 0 Å². The van der Waals surface area contributed by atoms with E-state index in [1.807, 2.05) is 118 Å². The van der Waals surface area contributed by atoms with Gasteiger partial charge in [-0.05, 0) is 152 Å². The van der Waals surface area contributed by atoms with Crippen LogP contribution in [0.2, 0.25) is 10.0 Å². The minimum atomic E-state index is -0.975. The number of amidine groups is 4. The number of aryl methyl sites for hydroxylation is 2. The Balaban J connectivity index is 0.000000396. The summed E-state index contributed by atoms with van der Waals surface area (Å²) in [6.07, 6.45) is 4.85. The summed E-state index contributed by atoms with van der Waals surface area (Å²) in [6, 6.07) is 31.2. The van der Waals surface area contributed by atoms with E-state index in [9.17, 15) is 37.5 Å². The third-order valence-electron chi connectivity index (χ3n) is 14.0. The van der Waals surface area contributed by atoms with E-state index in [1.54, 1.807) is 70.2 Å². The van der Waals surface area contributed by atoms with Gasteiger partial charge in [0.05, 0.1) is 10.6 Å². The fourth-order valence-corrected chi connectivity index (χ4v) is 8.54. The van der Waals surface area contributed by atoms with Gasteiger partial charge in [-0.2, -0.15) is 0 Å². The van der Waals surface area contributed by atoms with Crippen molar-refractivity contribution in [1.29, 1.82) is 21.6 Å². The van der Waals surface area contributed by atoms with Gasteiger partial charge in [0.2, 0.25) is 35.4 Å². The Kier molecular flexibility index (Phi) is 34.8. The van der Waals surface area contributed by atoms with Crippen molar-refractivity contribution in [2.75, 3.05) is 33.1 Å². The zero-order valence-electron chi connectivity index (χ0n) is 58.0. The van der Waals surface area contributed by atoms with E-state index in [0.717, 1.165) is 64.6 Å². The molecule has 0 spiro atoms. The number of amides is 6. The van der Waals surface area contributed by atoms with Crippen molar-refractivity contribution in [2.24, 2.45) is 58.4 Å². The number of fused-ring (bicyclic) bond motifs is 1. The van der Waals surface area contributed by atoms with Crippen LogP contribution in [0, 0.1) is 75.7 Å². The SMILES string of the molecule is CC(C)C(=O)NCCc1ccc(Cl)cc1.CC(C)C(=O)Nc1cc(F)c(C(=N)N)c(F)c1.CC(C)C(=O)Nc1ccc(C(=N)N)c(Cl)c1.CC1=Cc2cc(NC(=O)C(C)C)ccc2C1.CCc1cc(C(=N)N)ccc1NC(=O)C(C)C.Cc1cc(NC(=O)C(C)C)ccc1C(=N)N. The van der Waals surface area contributed by atoms with Crippen molar-refractivity contribution in [1.82, 2.24) is 5.32 Å². The van der Waals surface area contributed by atoms with Crippen LogP contribution >= 0.6 is 23.2 Å². The Morgan fingerprint density at radius 1 is 0.485 bits per heavy atom. The first kappa shape index (κ1) is 83.3. The third-order valence-corrected chi connectivity index (χ3v) is 14.6. The largest absolute Gasteiger partial charge is 0.384 e. The Morgan fingerprint density at radius 3 is 1.34 bits per heavy atom. The van der Waals surface area contributed by atoms with Crippen LogP contribution in [0.3, 0.4) is 0 Å². The standard InChI is InChI=1S/C14H17NO.C13H19N3O.C12H16ClNO.C12H17N3O.C11H14ClN3O.C11H13F2N3O/c1-9(2)14(16)15-13-5-4-11-6-10(3)7-12(11)8-13;1-4-9-7-10(12(14)15)5-6-11(9)16-13(17)8(2)3;1-9(2)12(15)14-8-7-10-3-5-11(13)6-4-10;1-7(2)12(16)15-9-4-5-10(11(13)14)8(3)6-9;1-6(2)11(16)15-7-3-4-8(10(13)14)9(12)5-7;1-5(2)11(17)16-6-3-7(12)9(10(14)15)8(13)4-6/h4-5,7-9H,6H2,1-3H3,(H,15,16);5-8H,4H2,1-3H3,(H3,14,15)(H,16,17);3-6,9H,7-8H2,1-2H3,(H,14,15);4-7H,1-3H3,(H3,13,14)(H,15,16);3-6H,1-2H3,(H3,13,14)(H,15,16);3-5H,1-2H3,(H3,14,15)(H,16,17). The van der Waals surface area contributed by atoms with Crippen molar-refractivity contribution < 1.29 is 37.5 Å². The molecule has 0 saturated carbocycles. The van der Waals surface area contributed by atoms with E-state index in [2.05, 4.69) is 51.0 Å². The molecule has 0 aliphatic heterocycles. The summed E-state index contributed by atoms with van der Waals surface area (Å²) in [6.45, 7) is 28.6. The molecule has 6 amide bonds. The predicted molar refractivity (Wildman–Crippen MR) is 393 cm³/mol. The molecule has 0 aromatic heterocycles. The number of nitrogen functional groups attached to an aromatic ring is 4. The number of nitrogens with two attached hydrogens (primary N) is 4. The van der Waals surface area contributed by atoms with Crippen LogP contribution in [0.5, 0.6) is 0 Å². The number of rotatable bonds is 19. The second-order valence-electron chi connectivity index (χ2n) is 24.5. The highest BCUT2D eigenvalue weighted by Gasteiger charge is 2.18. The first-order valence-corrected chi connectivity index (χ1v) is 32.3. The van der Waals surface area contributed by atoms with E-state index in [4.69, 9.17) is 67.8 Å². The van der Waals surface area contributed by atoms with Crippen LogP contribution in [0.25, 0.3) is 6.08 Å². The average Bonchev–Trinajstić information content (AvgIpc) is 1.82. The van der Waals surface area contributed by atoms with Gasteiger partial charge in [-0.25, -0.2) is 8.78 Å². The molecule has 0 radical (unpaired) electrons. The quantitative estimate of drug-likeness (QED) is 0.0268. The summed E-state index contributed by atoms with van der Waals surface area (Å²) in [5.41, 5.74) is 32.5. The minimum Gasteiger partial charge on any atom is -0.384 e. The number of carbonyl (C=O) groups is 6. The van der Waals surface area contributed by atoms with Gasteiger partial charge >= 0.3 is 0 Å². The van der Waals surface area contributed by atoms with Gasteiger partial charge < -0.3 is 54.8 Å². The van der Waals surface area contributed by atoms with Crippen LogP contribution < -0.4 is 54.8 Å². The van der Waals surface area contributed by atoms with Crippen molar-refractivity contribution in [3.8, 4) is 0 Å². The lowest BCUT2D eigenvalue weighted by Gasteiger charge is -2.13. The molecule has 24 heteroatoms. The maximum Gasteiger partial charge on any atom is 0.226 e. The fourth-order valence-electron chi connectivity index (χ4n) is 8.13. The smallest absolute Gasteiger partial charge is 0.226 e. The lowest BCUT2D eigenvalue weighted by molar-refractivity contribution is -0.124. The van der Waals surface area contributed by atoms with Gasteiger partial charge in [-0.1, -0.05) is 143 Å². The Morgan fingerprint density at radius 2 is 0.918 bits per heavy atom. The highest BCUT2D eigenvalue weighted by Crippen LogP contribution is 2.28. The number of hydrogen-bond donors (Lipinski definition) is 14. The minimum absolute atomic E-state index is 0.00343. The zero-order chi connectivity index (χ0) is 73.7. The van der Waals surface area contributed by atoms with Crippen LogP contribution in [0.1, 0.15) is 147 Å². The maximum absolute atomic E-state index is 13.4.